The minimum atomic E-state index is -0.475. The molecule has 1 aromatic heterocycles. The molecule has 2 heterocycles. The van der Waals surface area contributed by atoms with E-state index in [1.807, 2.05) is 32.9 Å². The Hall–Kier alpha value is -2.01. The molecule has 0 unspecified atom stereocenters. The van der Waals surface area contributed by atoms with Crippen LogP contribution >= 0.6 is 11.6 Å². The number of nitrogens with zero attached hydrogens (tertiary/aromatic N) is 3. The molecule has 1 fully saturated rings. The molecule has 5 nitrogen and oxygen atoms in total. The van der Waals surface area contributed by atoms with Crippen LogP contribution < -0.4 is 4.90 Å². The number of carbonyl (C=O) groups excluding carboxylic acids is 1. The van der Waals surface area contributed by atoms with Crippen LogP contribution in [0.1, 0.15) is 26.3 Å². The summed E-state index contributed by atoms with van der Waals surface area (Å²) in [6.07, 6.45) is -0.259. The third-order valence-corrected chi connectivity index (χ3v) is 4.46. The maximum atomic E-state index is 12.2. The number of fused-ring (bicyclic) bond motifs is 1. The van der Waals surface area contributed by atoms with Crippen molar-refractivity contribution in [2.75, 3.05) is 31.1 Å². The number of ether oxygens (including phenoxy) is 1. The molecule has 134 valence electrons. The topological polar surface area (TPSA) is 45.7 Å². The second-order valence-corrected chi connectivity index (χ2v) is 7.81. The Balaban J connectivity index is 1.73. The van der Waals surface area contributed by atoms with Gasteiger partial charge in [-0.25, -0.2) is 9.78 Å². The summed E-state index contributed by atoms with van der Waals surface area (Å²) in [5, 5.41) is 1.58. The predicted octanol–water partition coefficient (Wildman–Crippen LogP) is 4.25. The number of carbonyl (C=O) groups is 1. The van der Waals surface area contributed by atoms with E-state index in [0.717, 1.165) is 16.6 Å². The number of piperazine rings is 1. The molecule has 0 atom stereocenters. The van der Waals surface area contributed by atoms with Crippen molar-refractivity contribution in [2.45, 2.75) is 33.3 Å². The van der Waals surface area contributed by atoms with E-state index in [1.54, 1.807) is 4.90 Å². The molecule has 1 aliphatic rings. The van der Waals surface area contributed by atoms with Crippen LogP contribution in [0.25, 0.3) is 10.9 Å². The van der Waals surface area contributed by atoms with Crippen molar-refractivity contribution in [3.05, 3.63) is 35.0 Å². The molecule has 25 heavy (non-hydrogen) atoms. The van der Waals surface area contributed by atoms with Crippen molar-refractivity contribution in [1.29, 1.82) is 0 Å². The largest absolute Gasteiger partial charge is 0.444 e. The molecule has 0 saturated carbocycles. The Morgan fingerprint density at radius 3 is 2.48 bits per heavy atom. The number of rotatable bonds is 1. The number of hydrogen-bond donors (Lipinski definition) is 0. The van der Waals surface area contributed by atoms with Gasteiger partial charge in [0.1, 0.15) is 5.60 Å². The van der Waals surface area contributed by atoms with Crippen LogP contribution in [0.15, 0.2) is 24.3 Å². The van der Waals surface area contributed by atoms with Crippen molar-refractivity contribution in [3.8, 4) is 0 Å². The van der Waals surface area contributed by atoms with Gasteiger partial charge >= 0.3 is 6.09 Å². The molecule has 0 N–H and O–H groups in total. The molecule has 0 aliphatic carbocycles. The molecule has 2 aromatic rings. The van der Waals surface area contributed by atoms with Crippen LogP contribution in [0.2, 0.25) is 5.15 Å². The van der Waals surface area contributed by atoms with Crippen LogP contribution in [0.4, 0.5) is 10.5 Å². The highest BCUT2D eigenvalue weighted by atomic mass is 35.5. The molecular formula is C19H24ClN3O2. The van der Waals surface area contributed by atoms with Gasteiger partial charge < -0.3 is 14.5 Å². The maximum absolute atomic E-state index is 12.2. The van der Waals surface area contributed by atoms with Crippen molar-refractivity contribution < 1.29 is 9.53 Å². The van der Waals surface area contributed by atoms with Crippen LogP contribution in [-0.4, -0.2) is 47.8 Å². The highest BCUT2D eigenvalue weighted by Crippen LogP contribution is 2.29. The summed E-state index contributed by atoms with van der Waals surface area (Å²) in [7, 11) is 0. The molecule has 1 aliphatic heterocycles. The number of benzene rings is 1. The van der Waals surface area contributed by atoms with E-state index in [0.29, 0.717) is 31.3 Å². The standard InChI is InChI=1S/C19H24ClN3O2/c1-13-5-6-15-14(11-13)12-16(17(20)21-15)22-7-9-23(10-8-22)18(24)25-19(2,3)4/h5-6,11-12H,7-10H2,1-4H3. The zero-order valence-corrected chi connectivity index (χ0v) is 15.9. The SMILES string of the molecule is Cc1ccc2nc(Cl)c(N3CCN(C(=O)OC(C)(C)C)CC3)cc2c1. The molecule has 1 amide bonds. The molecule has 0 radical (unpaired) electrons. The molecule has 1 aromatic carbocycles. The van der Waals surface area contributed by atoms with Gasteiger partial charge in [-0.1, -0.05) is 23.2 Å². The highest BCUT2D eigenvalue weighted by molar-refractivity contribution is 6.32. The minimum absolute atomic E-state index is 0.259. The molecule has 1 saturated heterocycles. The van der Waals surface area contributed by atoms with Gasteiger partial charge in [0, 0.05) is 31.6 Å². The first-order chi connectivity index (χ1) is 11.7. The average Bonchev–Trinajstić information content (AvgIpc) is 2.53. The fourth-order valence-electron chi connectivity index (χ4n) is 2.94. The summed E-state index contributed by atoms with van der Waals surface area (Å²) >= 11 is 6.40. The average molecular weight is 362 g/mol. The predicted molar refractivity (Wildman–Crippen MR) is 102 cm³/mol. The van der Waals surface area contributed by atoms with E-state index >= 15 is 0 Å². The Kier molecular flexibility index (Phi) is 4.78. The summed E-state index contributed by atoms with van der Waals surface area (Å²) in [6.45, 7) is 10.3. The number of hydrogen-bond acceptors (Lipinski definition) is 4. The van der Waals surface area contributed by atoms with E-state index < -0.39 is 5.60 Å². The van der Waals surface area contributed by atoms with E-state index in [4.69, 9.17) is 16.3 Å². The smallest absolute Gasteiger partial charge is 0.410 e. The number of aryl methyl sites for hydroxylation is 1. The third-order valence-electron chi connectivity index (χ3n) is 4.18. The normalized spacial score (nSPS) is 15.6. The maximum Gasteiger partial charge on any atom is 0.410 e. The van der Waals surface area contributed by atoms with Gasteiger partial charge in [0.15, 0.2) is 5.15 Å². The first-order valence-corrected chi connectivity index (χ1v) is 8.90. The summed E-state index contributed by atoms with van der Waals surface area (Å²) in [6, 6.07) is 8.21. The van der Waals surface area contributed by atoms with Gasteiger partial charge in [0.25, 0.3) is 0 Å². The quantitative estimate of drug-likeness (QED) is 0.712. The van der Waals surface area contributed by atoms with Crippen LogP contribution in [-0.2, 0) is 4.74 Å². The number of halogens is 1. The first kappa shape index (κ1) is 17.8. The summed E-state index contributed by atoms with van der Waals surface area (Å²) in [4.78, 5) is 20.6. The van der Waals surface area contributed by atoms with Crippen molar-refractivity contribution >= 4 is 34.3 Å². The highest BCUT2D eigenvalue weighted by Gasteiger charge is 2.26. The van der Waals surface area contributed by atoms with Crippen molar-refractivity contribution in [1.82, 2.24) is 9.88 Å². The third kappa shape index (κ3) is 4.15. The van der Waals surface area contributed by atoms with E-state index in [9.17, 15) is 4.79 Å². The Labute approximate surface area is 153 Å². The molecule has 3 rings (SSSR count). The van der Waals surface area contributed by atoms with E-state index in [1.165, 1.54) is 5.56 Å². The van der Waals surface area contributed by atoms with Gasteiger partial charge in [0.05, 0.1) is 11.2 Å². The first-order valence-electron chi connectivity index (χ1n) is 8.53. The van der Waals surface area contributed by atoms with Crippen molar-refractivity contribution in [2.24, 2.45) is 0 Å². The second-order valence-electron chi connectivity index (χ2n) is 7.45. The van der Waals surface area contributed by atoms with Gasteiger partial charge in [-0.15, -0.1) is 0 Å². The lowest BCUT2D eigenvalue weighted by molar-refractivity contribution is 0.0240. The Morgan fingerprint density at radius 1 is 1.16 bits per heavy atom. The van der Waals surface area contributed by atoms with Crippen LogP contribution in [0, 0.1) is 6.92 Å². The summed E-state index contributed by atoms with van der Waals surface area (Å²) in [5.74, 6) is 0. The lowest BCUT2D eigenvalue weighted by Gasteiger charge is -2.37. The fraction of sp³-hybridized carbons (Fsp3) is 0.474. The van der Waals surface area contributed by atoms with Crippen molar-refractivity contribution in [3.63, 3.8) is 0 Å². The second kappa shape index (κ2) is 6.71. The minimum Gasteiger partial charge on any atom is -0.444 e. The number of aromatic nitrogens is 1. The summed E-state index contributed by atoms with van der Waals surface area (Å²) in [5.41, 5.74) is 2.53. The molecular weight excluding hydrogens is 338 g/mol. The lowest BCUT2D eigenvalue weighted by Crippen LogP contribution is -2.50. The number of pyridine rings is 1. The van der Waals surface area contributed by atoms with Gasteiger partial charge in [-0.2, -0.15) is 0 Å². The Bertz CT molecular complexity index is 793. The zero-order chi connectivity index (χ0) is 18.2. The zero-order valence-electron chi connectivity index (χ0n) is 15.2. The van der Waals surface area contributed by atoms with Gasteiger partial charge in [-0.3, -0.25) is 0 Å². The Morgan fingerprint density at radius 2 is 1.84 bits per heavy atom. The summed E-state index contributed by atoms with van der Waals surface area (Å²) < 4.78 is 5.44. The molecule has 0 spiro atoms. The van der Waals surface area contributed by atoms with E-state index in [2.05, 4.69) is 28.9 Å². The lowest BCUT2D eigenvalue weighted by atomic mass is 10.1. The van der Waals surface area contributed by atoms with Crippen LogP contribution in [0.5, 0.6) is 0 Å². The molecule has 6 heteroatoms. The number of anilines is 1. The molecule has 0 bridgehead atoms. The number of amides is 1. The van der Waals surface area contributed by atoms with E-state index in [-0.39, 0.29) is 6.09 Å². The fourth-order valence-corrected chi connectivity index (χ4v) is 3.20. The van der Waals surface area contributed by atoms with Gasteiger partial charge in [-0.05, 0) is 45.9 Å². The van der Waals surface area contributed by atoms with Gasteiger partial charge in [0.2, 0.25) is 0 Å². The van der Waals surface area contributed by atoms with Crippen LogP contribution in [0.3, 0.4) is 0 Å². The monoisotopic (exact) mass is 361 g/mol.